The third kappa shape index (κ3) is 4.30. The number of aliphatic hydroxyl groups excluding tert-OH is 1. The van der Waals surface area contributed by atoms with Gasteiger partial charge in [0.2, 0.25) is 0 Å². The zero-order valence-corrected chi connectivity index (χ0v) is 13.2. The summed E-state index contributed by atoms with van der Waals surface area (Å²) in [6.45, 7) is -0.260. The monoisotopic (exact) mass is 337 g/mol. The van der Waals surface area contributed by atoms with E-state index in [-0.39, 0.29) is 11.7 Å². The summed E-state index contributed by atoms with van der Waals surface area (Å²) in [7, 11) is 0. The zero-order valence-electron chi connectivity index (χ0n) is 13.2. The van der Waals surface area contributed by atoms with E-state index in [0.717, 1.165) is 38.0 Å². The number of alkyl halides is 2. The zero-order chi connectivity index (χ0) is 16.9. The van der Waals surface area contributed by atoms with Gasteiger partial charge in [0, 0.05) is 18.9 Å². The van der Waals surface area contributed by atoms with Crippen molar-refractivity contribution in [3.63, 3.8) is 0 Å². The van der Waals surface area contributed by atoms with Crippen molar-refractivity contribution in [3.8, 4) is 5.75 Å². The first-order valence-electron chi connectivity index (χ1n) is 8.05. The van der Waals surface area contributed by atoms with E-state index in [1.807, 2.05) is 12.1 Å². The van der Waals surface area contributed by atoms with E-state index in [4.69, 9.17) is 0 Å². The van der Waals surface area contributed by atoms with Gasteiger partial charge in [-0.05, 0) is 49.5 Å². The van der Waals surface area contributed by atoms with E-state index in [1.54, 1.807) is 24.5 Å². The number of rotatable bonds is 6. The third-order valence-corrected chi connectivity index (χ3v) is 4.43. The van der Waals surface area contributed by atoms with E-state index in [0.29, 0.717) is 5.82 Å². The average Bonchev–Trinajstić information content (AvgIpc) is 3.11. The fourth-order valence-electron chi connectivity index (χ4n) is 3.12. The van der Waals surface area contributed by atoms with Crippen molar-refractivity contribution in [1.29, 1.82) is 0 Å². The third-order valence-electron chi connectivity index (χ3n) is 4.43. The summed E-state index contributed by atoms with van der Waals surface area (Å²) in [6, 6.07) is 6.74. The number of ether oxygens (including phenoxy) is 1. The molecule has 1 aliphatic rings. The lowest BCUT2D eigenvalue weighted by Crippen LogP contribution is -2.35. The van der Waals surface area contributed by atoms with Gasteiger partial charge in [-0.15, -0.1) is 0 Å². The molecule has 7 heteroatoms. The molecule has 3 rings (SSSR count). The molecule has 5 nitrogen and oxygen atoms in total. The molecule has 0 aliphatic carbocycles. The second kappa shape index (κ2) is 7.72. The van der Waals surface area contributed by atoms with Gasteiger partial charge in [-0.3, -0.25) is 4.90 Å². The molecule has 130 valence electrons. The summed E-state index contributed by atoms with van der Waals surface area (Å²) in [5.41, 5.74) is 1.06. The molecule has 0 bridgehead atoms. The average molecular weight is 337 g/mol. The van der Waals surface area contributed by atoms with Gasteiger partial charge in [-0.2, -0.15) is 8.78 Å². The van der Waals surface area contributed by atoms with Crippen LogP contribution in [0.1, 0.15) is 30.3 Å². The quantitative estimate of drug-likeness (QED) is 0.851. The first-order valence-corrected chi connectivity index (χ1v) is 8.05. The summed E-state index contributed by atoms with van der Waals surface area (Å²) in [5, 5.41) is 10.3. The number of aromatic nitrogens is 2. The maximum atomic E-state index is 12.1. The topological polar surface area (TPSA) is 61.4 Å². The largest absolute Gasteiger partial charge is 0.435 e. The van der Waals surface area contributed by atoms with Crippen LogP contribution in [0.15, 0.2) is 36.7 Å². The molecule has 0 amide bonds. The first kappa shape index (κ1) is 16.9. The lowest BCUT2D eigenvalue weighted by Gasteiger charge is -2.33. The van der Waals surface area contributed by atoms with Gasteiger partial charge < -0.3 is 14.8 Å². The van der Waals surface area contributed by atoms with Crippen LogP contribution in [0.3, 0.4) is 0 Å². The lowest BCUT2D eigenvalue weighted by molar-refractivity contribution is -0.0498. The Balaban J connectivity index is 1.48. The van der Waals surface area contributed by atoms with Crippen LogP contribution in [0.2, 0.25) is 0 Å². The van der Waals surface area contributed by atoms with Crippen molar-refractivity contribution in [3.05, 3.63) is 48.0 Å². The van der Waals surface area contributed by atoms with Crippen LogP contribution in [0.5, 0.6) is 5.75 Å². The Kier molecular flexibility index (Phi) is 5.42. The molecular weight excluding hydrogens is 316 g/mol. The lowest BCUT2D eigenvalue weighted by atomic mass is 9.90. The highest BCUT2D eigenvalue weighted by molar-refractivity contribution is 5.27. The van der Waals surface area contributed by atoms with Gasteiger partial charge >= 0.3 is 6.61 Å². The van der Waals surface area contributed by atoms with Crippen LogP contribution in [0.25, 0.3) is 0 Å². The van der Waals surface area contributed by atoms with Crippen molar-refractivity contribution in [2.24, 2.45) is 5.92 Å². The molecule has 2 N–H and O–H groups in total. The van der Waals surface area contributed by atoms with Gasteiger partial charge in [0.25, 0.3) is 0 Å². The fourth-order valence-corrected chi connectivity index (χ4v) is 3.12. The van der Waals surface area contributed by atoms with Gasteiger partial charge in [-0.1, -0.05) is 12.1 Å². The molecule has 0 spiro atoms. The number of likely N-dealkylation sites (tertiary alicyclic amines) is 1. The van der Waals surface area contributed by atoms with E-state index in [1.165, 1.54) is 0 Å². The van der Waals surface area contributed by atoms with E-state index in [2.05, 4.69) is 19.6 Å². The normalized spacial score (nSPS) is 18.0. The number of H-pyrrole nitrogens is 1. The number of nitrogens with zero attached hydrogens (tertiary/aromatic N) is 2. The maximum absolute atomic E-state index is 12.1. The summed E-state index contributed by atoms with van der Waals surface area (Å²) >= 11 is 0. The van der Waals surface area contributed by atoms with Crippen molar-refractivity contribution in [1.82, 2.24) is 14.9 Å². The van der Waals surface area contributed by atoms with Crippen LogP contribution >= 0.6 is 0 Å². The highest BCUT2D eigenvalue weighted by Crippen LogP contribution is 2.29. The molecule has 0 radical (unpaired) electrons. The predicted octanol–water partition coefficient (Wildman–Crippen LogP) is 2.96. The molecule has 1 aromatic carbocycles. The Labute approximate surface area is 139 Å². The standard InChI is InChI=1S/C17H21F2N3O2/c18-17(19)24-14-3-1-12(2-4-14)11-22-9-5-13(6-10-22)15(23)16-20-7-8-21-16/h1-4,7-8,13,15,17,23H,5-6,9-11H2,(H,20,21). The van der Waals surface area contributed by atoms with Gasteiger partial charge in [-0.25, -0.2) is 4.98 Å². The molecule has 1 fully saturated rings. The second-order valence-electron chi connectivity index (χ2n) is 6.06. The molecular formula is C17H21F2N3O2. The Morgan fingerprint density at radius 3 is 2.54 bits per heavy atom. The number of nitrogens with one attached hydrogen (secondary N) is 1. The maximum Gasteiger partial charge on any atom is 0.387 e. The van der Waals surface area contributed by atoms with E-state index < -0.39 is 12.7 Å². The molecule has 1 unspecified atom stereocenters. The molecule has 1 atom stereocenters. The molecule has 1 saturated heterocycles. The molecule has 1 aromatic heterocycles. The number of halogens is 2. The SMILES string of the molecule is OC(c1ncc[nH]1)C1CCN(Cc2ccc(OC(F)F)cc2)CC1. The minimum absolute atomic E-state index is 0.175. The number of hydrogen-bond acceptors (Lipinski definition) is 4. The van der Waals surface area contributed by atoms with Crippen LogP contribution in [0, 0.1) is 5.92 Å². The summed E-state index contributed by atoms with van der Waals surface area (Å²) in [6.07, 6.45) is 4.61. The fraction of sp³-hybridized carbons (Fsp3) is 0.471. The Bertz CT molecular complexity index is 611. The van der Waals surface area contributed by atoms with Gasteiger partial charge in [0.05, 0.1) is 0 Å². The smallest absolute Gasteiger partial charge is 0.387 e. The Morgan fingerprint density at radius 1 is 1.25 bits per heavy atom. The van der Waals surface area contributed by atoms with Crippen molar-refractivity contribution >= 4 is 0 Å². The van der Waals surface area contributed by atoms with E-state index in [9.17, 15) is 13.9 Å². The predicted molar refractivity (Wildman–Crippen MR) is 84.6 cm³/mol. The highest BCUT2D eigenvalue weighted by atomic mass is 19.3. The Morgan fingerprint density at radius 2 is 1.96 bits per heavy atom. The molecule has 1 aliphatic heterocycles. The molecule has 24 heavy (non-hydrogen) atoms. The van der Waals surface area contributed by atoms with Crippen molar-refractivity contribution < 1.29 is 18.6 Å². The summed E-state index contributed by atoms with van der Waals surface area (Å²) in [5.74, 6) is 1.01. The van der Waals surface area contributed by atoms with Gasteiger partial charge in [0.15, 0.2) is 0 Å². The molecule has 2 heterocycles. The van der Waals surface area contributed by atoms with E-state index >= 15 is 0 Å². The second-order valence-corrected chi connectivity index (χ2v) is 6.06. The van der Waals surface area contributed by atoms with Crippen molar-refractivity contribution in [2.45, 2.75) is 32.1 Å². The minimum atomic E-state index is -2.80. The van der Waals surface area contributed by atoms with Crippen LogP contribution in [-0.2, 0) is 6.54 Å². The minimum Gasteiger partial charge on any atom is -0.435 e. The van der Waals surface area contributed by atoms with Crippen LogP contribution in [0.4, 0.5) is 8.78 Å². The Hall–Kier alpha value is -1.99. The van der Waals surface area contributed by atoms with Crippen LogP contribution in [-0.4, -0.2) is 39.7 Å². The number of aliphatic hydroxyl groups is 1. The summed E-state index contributed by atoms with van der Waals surface area (Å²) < 4.78 is 28.6. The molecule has 0 saturated carbocycles. The highest BCUT2D eigenvalue weighted by Gasteiger charge is 2.27. The number of piperidine rings is 1. The summed E-state index contributed by atoms with van der Waals surface area (Å²) in [4.78, 5) is 9.39. The number of hydrogen-bond donors (Lipinski definition) is 2. The van der Waals surface area contributed by atoms with Gasteiger partial charge in [0.1, 0.15) is 17.7 Å². The molecule has 2 aromatic rings. The van der Waals surface area contributed by atoms with Crippen molar-refractivity contribution in [2.75, 3.05) is 13.1 Å². The first-order chi connectivity index (χ1) is 11.6. The number of aromatic amines is 1. The number of benzene rings is 1. The number of imidazole rings is 1. The van der Waals surface area contributed by atoms with Crippen LogP contribution < -0.4 is 4.74 Å².